The highest BCUT2D eigenvalue weighted by molar-refractivity contribution is 5.07. The molecule has 2 heterocycles. The summed E-state index contributed by atoms with van der Waals surface area (Å²) in [6.45, 7) is 12.6. The van der Waals surface area contributed by atoms with Crippen LogP contribution in [0.25, 0.3) is 0 Å². The lowest BCUT2D eigenvalue weighted by molar-refractivity contribution is -0.0853. The Kier molecular flexibility index (Phi) is 4.32. The second-order valence-corrected chi connectivity index (χ2v) is 7.87. The van der Waals surface area contributed by atoms with Crippen molar-refractivity contribution in [3.05, 3.63) is 0 Å². The SMILES string of the molecule is CCCC1(C2CC(C)(C)OC2(C)C)CCCCCN1. The van der Waals surface area contributed by atoms with Gasteiger partial charge in [0.05, 0.1) is 11.2 Å². The summed E-state index contributed by atoms with van der Waals surface area (Å²) < 4.78 is 6.37. The van der Waals surface area contributed by atoms with Crippen LogP contribution in [0.1, 0.15) is 79.6 Å². The van der Waals surface area contributed by atoms with Crippen molar-refractivity contribution in [3.8, 4) is 0 Å². The lowest BCUT2D eigenvalue weighted by Gasteiger charge is -2.44. The van der Waals surface area contributed by atoms with E-state index in [0.29, 0.717) is 11.5 Å². The van der Waals surface area contributed by atoms with Crippen molar-refractivity contribution in [1.29, 1.82) is 0 Å². The zero-order chi connectivity index (χ0) is 14.1. The second-order valence-electron chi connectivity index (χ2n) is 7.87. The van der Waals surface area contributed by atoms with E-state index < -0.39 is 0 Å². The molecule has 0 aromatic heterocycles. The van der Waals surface area contributed by atoms with E-state index >= 15 is 0 Å². The fourth-order valence-electron chi connectivity index (χ4n) is 4.72. The van der Waals surface area contributed by atoms with Crippen molar-refractivity contribution in [2.24, 2.45) is 5.92 Å². The van der Waals surface area contributed by atoms with E-state index in [9.17, 15) is 0 Å². The molecule has 2 unspecified atom stereocenters. The van der Waals surface area contributed by atoms with Gasteiger partial charge in [0.15, 0.2) is 0 Å². The first kappa shape index (κ1) is 15.3. The maximum Gasteiger partial charge on any atom is 0.0680 e. The first-order valence-electron chi connectivity index (χ1n) is 8.27. The number of rotatable bonds is 3. The molecule has 2 aliphatic heterocycles. The third kappa shape index (κ3) is 3.16. The number of hydrogen-bond acceptors (Lipinski definition) is 2. The monoisotopic (exact) mass is 267 g/mol. The van der Waals surface area contributed by atoms with Crippen molar-refractivity contribution in [3.63, 3.8) is 0 Å². The van der Waals surface area contributed by atoms with Crippen LogP contribution in [0.15, 0.2) is 0 Å². The molecule has 2 aliphatic rings. The molecule has 2 atom stereocenters. The van der Waals surface area contributed by atoms with Crippen LogP contribution < -0.4 is 5.32 Å². The second kappa shape index (κ2) is 5.37. The first-order valence-corrected chi connectivity index (χ1v) is 8.27. The zero-order valence-electron chi connectivity index (χ0n) is 13.6. The standard InChI is InChI=1S/C17H33NO/c1-6-10-17(11-8-7-9-12-18-17)14-13-15(2,3)19-16(14,4)5/h14,18H,6-13H2,1-5H3. The predicted octanol–water partition coefficient (Wildman–Crippen LogP) is 4.28. The van der Waals surface area contributed by atoms with Crippen LogP contribution in [0.3, 0.4) is 0 Å². The Balaban J connectivity index is 2.27. The molecule has 0 spiro atoms. The predicted molar refractivity (Wildman–Crippen MR) is 81.5 cm³/mol. The highest BCUT2D eigenvalue weighted by atomic mass is 16.5. The lowest BCUT2D eigenvalue weighted by atomic mass is 9.68. The van der Waals surface area contributed by atoms with Gasteiger partial charge in [0.1, 0.15) is 0 Å². The van der Waals surface area contributed by atoms with E-state index in [0.717, 1.165) is 0 Å². The van der Waals surface area contributed by atoms with E-state index in [2.05, 4.69) is 39.9 Å². The summed E-state index contributed by atoms with van der Waals surface area (Å²) in [7, 11) is 0. The van der Waals surface area contributed by atoms with Crippen LogP contribution >= 0.6 is 0 Å². The average Bonchev–Trinajstić information content (AvgIpc) is 2.47. The quantitative estimate of drug-likeness (QED) is 0.824. The Labute approximate surface area is 119 Å². The number of ether oxygens (including phenoxy) is 1. The third-order valence-corrected chi connectivity index (χ3v) is 5.21. The molecule has 0 bridgehead atoms. The summed E-state index contributed by atoms with van der Waals surface area (Å²) in [5.41, 5.74) is 0.335. The summed E-state index contributed by atoms with van der Waals surface area (Å²) in [4.78, 5) is 0. The first-order chi connectivity index (χ1) is 8.81. The topological polar surface area (TPSA) is 21.3 Å². The molecule has 0 saturated carbocycles. The van der Waals surface area contributed by atoms with Crippen molar-refractivity contribution >= 4 is 0 Å². The molecule has 2 saturated heterocycles. The molecule has 112 valence electrons. The maximum absolute atomic E-state index is 6.37. The minimum Gasteiger partial charge on any atom is -0.369 e. The van der Waals surface area contributed by atoms with Gasteiger partial charge in [-0.05, 0) is 59.9 Å². The van der Waals surface area contributed by atoms with Gasteiger partial charge in [-0.15, -0.1) is 0 Å². The molecule has 0 aliphatic carbocycles. The van der Waals surface area contributed by atoms with Crippen LogP contribution in [0.2, 0.25) is 0 Å². The van der Waals surface area contributed by atoms with Crippen LogP contribution in [-0.4, -0.2) is 23.3 Å². The Morgan fingerprint density at radius 2 is 1.84 bits per heavy atom. The molecule has 0 amide bonds. The molecule has 2 nitrogen and oxygen atoms in total. The Bertz CT molecular complexity index is 300. The van der Waals surface area contributed by atoms with Crippen molar-refractivity contribution in [2.45, 2.75) is 96.3 Å². The fraction of sp³-hybridized carbons (Fsp3) is 1.00. The summed E-state index contributed by atoms with van der Waals surface area (Å²) in [5.74, 6) is 0.632. The van der Waals surface area contributed by atoms with E-state index in [4.69, 9.17) is 4.74 Å². The highest BCUT2D eigenvalue weighted by Crippen LogP contribution is 2.50. The van der Waals surface area contributed by atoms with Gasteiger partial charge in [-0.1, -0.05) is 26.2 Å². The average molecular weight is 267 g/mol. The third-order valence-electron chi connectivity index (χ3n) is 5.21. The Hall–Kier alpha value is -0.0800. The molecule has 0 aromatic rings. The summed E-state index contributed by atoms with van der Waals surface area (Å²) >= 11 is 0. The zero-order valence-corrected chi connectivity index (χ0v) is 13.6. The smallest absolute Gasteiger partial charge is 0.0680 e. The Morgan fingerprint density at radius 3 is 2.42 bits per heavy atom. The molecule has 1 N–H and O–H groups in total. The highest BCUT2D eigenvalue weighted by Gasteiger charge is 2.54. The van der Waals surface area contributed by atoms with Gasteiger partial charge in [0.25, 0.3) is 0 Å². The van der Waals surface area contributed by atoms with E-state index in [1.807, 2.05) is 0 Å². The maximum atomic E-state index is 6.37. The summed E-state index contributed by atoms with van der Waals surface area (Å²) in [5, 5.41) is 3.95. The van der Waals surface area contributed by atoms with Gasteiger partial charge in [-0.25, -0.2) is 0 Å². The number of hydrogen-bond donors (Lipinski definition) is 1. The fourth-order valence-corrected chi connectivity index (χ4v) is 4.72. The molecule has 2 fully saturated rings. The van der Waals surface area contributed by atoms with Crippen LogP contribution in [0.5, 0.6) is 0 Å². The minimum absolute atomic E-state index is 0.00396. The van der Waals surface area contributed by atoms with Crippen molar-refractivity contribution in [1.82, 2.24) is 5.32 Å². The molecule has 0 radical (unpaired) electrons. The molecule has 19 heavy (non-hydrogen) atoms. The minimum atomic E-state index is -0.00396. The van der Waals surface area contributed by atoms with Crippen LogP contribution in [0, 0.1) is 5.92 Å². The van der Waals surface area contributed by atoms with Gasteiger partial charge in [0, 0.05) is 11.5 Å². The number of nitrogens with one attached hydrogen (secondary N) is 1. The molecule has 2 rings (SSSR count). The van der Waals surface area contributed by atoms with E-state index in [-0.39, 0.29) is 11.2 Å². The van der Waals surface area contributed by atoms with Crippen LogP contribution in [0.4, 0.5) is 0 Å². The van der Waals surface area contributed by atoms with Crippen LogP contribution in [-0.2, 0) is 4.74 Å². The molecule has 0 aromatic carbocycles. The van der Waals surface area contributed by atoms with E-state index in [1.165, 1.54) is 51.5 Å². The molecular formula is C17H33NO. The van der Waals surface area contributed by atoms with Gasteiger partial charge in [-0.2, -0.15) is 0 Å². The summed E-state index contributed by atoms with van der Waals surface area (Å²) in [6.07, 6.45) is 9.17. The van der Waals surface area contributed by atoms with Gasteiger partial charge in [-0.3, -0.25) is 0 Å². The lowest BCUT2D eigenvalue weighted by Crippen LogP contribution is -2.55. The largest absolute Gasteiger partial charge is 0.369 e. The van der Waals surface area contributed by atoms with E-state index in [1.54, 1.807) is 0 Å². The molecular weight excluding hydrogens is 234 g/mol. The van der Waals surface area contributed by atoms with Gasteiger partial charge >= 0.3 is 0 Å². The van der Waals surface area contributed by atoms with Gasteiger partial charge < -0.3 is 10.1 Å². The summed E-state index contributed by atoms with van der Waals surface area (Å²) in [6, 6.07) is 0. The molecule has 2 heteroatoms. The van der Waals surface area contributed by atoms with Crippen molar-refractivity contribution in [2.75, 3.05) is 6.54 Å². The van der Waals surface area contributed by atoms with Gasteiger partial charge in [0.2, 0.25) is 0 Å². The normalized spacial score (nSPS) is 38.1. The Morgan fingerprint density at radius 1 is 1.11 bits per heavy atom. The van der Waals surface area contributed by atoms with Crippen molar-refractivity contribution < 1.29 is 4.74 Å².